The molecule has 5 heteroatoms. The highest BCUT2D eigenvalue weighted by molar-refractivity contribution is 6.62. The summed E-state index contributed by atoms with van der Waals surface area (Å²) in [6.45, 7) is 8.29. The van der Waals surface area contributed by atoms with Gasteiger partial charge in [-0.25, -0.2) is 4.98 Å². The third-order valence-corrected chi connectivity index (χ3v) is 5.28. The molecule has 22 heavy (non-hydrogen) atoms. The van der Waals surface area contributed by atoms with Crippen LogP contribution in [0.2, 0.25) is 0 Å². The number of fused-ring (bicyclic) bond motifs is 1. The van der Waals surface area contributed by atoms with Crippen molar-refractivity contribution in [3.8, 4) is 0 Å². The van der Waals surface area contributed by atoms with Crippen LogP contribution < -0.4 is 5.46 Å². The van der Waals surface area contributed by atoms with E-state index in [4.69, 9.17) is 9.31 Å². The first-order valence-electron chi connectivity index (χ1n) is 8.17. The number of H-pyrrole nitrogens is 1. The van der Waals surface area contributed by atoms with Crippen molar-refractivity contribution in [3.05, 3.63) is 24.0 Å². The highest BCUT2D eigenvalue weighted by atomic mass is 16.7. The van der Waals surface area contributed by atoms with Gasteiger partial charge >= 0.3 is 7.12 Å². The number of nitrogens with zero attached hydrogens (tertiary/aromatic N) is 1. The Labute approximate surface area is 131 Å². The van der Waals surface area contributed by atoms with Gasteiger partial charge in [-0.1, -0.05) is 0 Å². The number of hydrogen-bond acceptors (Lipinski definition) is 3. The minimum atomic E-state index is -0.344. The summed E-state index contributed by atoms with van der Waals surface area (Å²) in [5, 5.41) is 1.14. The number of aromatic amines is 1. The SMILES string of the molecule is CC1(C)OB(c2cnc3[nH]c(CC4CC4)cc3c2)OC1(C)C. The van der Waals surface area contributed by atoms with Gasteiger partial charge in [-0.2, -0.15) is 0 Å². The molecule has 2 aliphatic rings. The minimum Gasteiger partial charge on any atom is -0.399 e. The molecule has 2 fully saturated rings. The highest BCUT2D eigenvalue weighted by Gasteiger charge is 2.51. The van der Waals surface area contributed by atoms with Gasteiger partial charge in [0, 0.05) is 22.7 Å². The summed E-state index contributed by atoms with van der Waals surface area (Å²) in [6, 6.07) is 4.35. The van der Waals surface area contributed by atoms with E-state index in [1.165, 1.54) is 18.5 Å². The molecule has 2 aromatic heterocycles. The molecule has 0 unspecified atom stereocenters. The molecule has 0 aromatic carbocycles. The number of hydrogen-bond donors (Lipinski definition) is 1. The number of pyridine rings is 1. The summed E-state index contributed by atoms with van der Waals surface area (Å²) < 4.78 is 12.2. The van der Waals surface area contributed by atoms with Crippen LogP contribution in [-0.4, -0.2) is 28.3 Å². The fourth-order valence-electron chi connectivity index (χ4n) is 2.94. The number of aromatic nitrogens is 2. The Hall–Kier alpha value is -1.33. The molecule has 116 valence electrons. The van der Waals surface area contributed by atoms with Gasteiger partial charge in [0.2, 0.25) is 0 Å². The van der Waals surface area contributed by atoms with Crippen molar-refractivity contribution in [1.29, 1.82) is 0 Å². The van der Waals surface area contributed by atoms with E-state index in [1.54, 1.807) is 0 Å². The lowest BCUT2D eigenvalue weighted by Crippen LogP contribution is -2.41. The van der Waals surface area contributed by atoms with Crippen LogP contribution in [0.25, 0.3) is 11.0 Å². The van der Waals surface area contributed by atoms with E-state index in [-0.39, 0.29) is 18.3 Å². The number of rotatable bonds is 3. The van der Waals surface area contributed by atoms with Crippen LogP contribution in [-0.2, 0) is 15.7 Å². The lowest BCUT2D eigenvalue weighted by molar-refractivity contribution is 0.00578. The maximum Gasteiger partial charge on any atom is 0.496 e. The average molecular weight is 298 g/mol. The molecule has 1 N–H and O–H groups in total. The van der Waals surface area contributed by atoms with Crippen LogP contribution in [0.4, 0.5) is 0 Å². The van der Waals surface area contributed by atoms with E-state index >= 15 is 0 Å². The third-order valence-electron chi connectivity index (χ3n) is 5.28. The summed E-state index contributed by atoms with van der Waals surface area (Å²) in [5.74, 6) is 0.871. The Morgan fingerprint density at radius 3 is 2.50 bits per heavy atom. The summed E-state index contributed by atoms with van der Waals surface area (Å²) in [5.41, 5.74) is 2.60. The first-order valence-corrected chi connectivity index (χ1v) is 8.17. The van der Waals surface area contributed by atoms with Gasteiger partial charge in [-0.05, 0) is 65.0 Å². The predicted molar refractivity (Wildman–Crippen MR) is 88.2 cm³/mol. The van der Waals surface area contributed by atoms with Gasteiger partial charge in [0.15, 0.2) is 0 Å². The molecule has 2 aromatic rings. The fourth-order valence-corrected chi connectivity index (χ4v) is 2.94. The Morgan fingerprint density at radius 1 is 1.18 bits per heavy atom. The molecule has 0 atom stereocenters. The van der Waals surface area contributed by atoms with Crippen LogP contribution >= 0.6 is 0 Å². The van der Waals surface area contributed by atoms with Crippen molar-refractivity contribution < 1.29 is 9.31 Å². The topological polar surface area (TPSA) is 47.1 Å². The van der Waals surface area contributed by atoms with E-state index in [9.17, 15) is 0 Å². The first kappa shape index (κ1) is 14.3. The molecular weight excluding hydrogens is 275 g/mol. The number of nitrogens with one attached hydrogen (secondary N) is 1. The Kier molecular flexibility index (Phi) is 2.98. The summed E-state index contributed by atoms with van der Waals surface area (Å²) in [4.78, 5) is 7.98. The van der Waals surface area contributed by atoms with E-state index < -0.39 is 0 Å². The van der Waals surface area contributed by atoms with E-state index in [0.717, 1.165) is 28.8 Å². The van der Waals surface area contributed by atoms with Crippen molar-refractivity contribution in [3.63, 3.8) is 0 Å². The molecule has 0 amide bonds. The summed E-state index contributed by atoms with van der Waals surface area (Å²) in [7, 11) is -0.344. The molecule has 1 aliphatic heterocycles. The molecule has 0 radical (unpaired) electrons. The third kappa shape index (κ3) is 2.36. The van der Waals surface area contributed by atoms with E-state index in [0.29, 0.717) is 0 Å². The Balaban J connectivity index is 1.62. The van der Waals surface area contributed by atoms with Crippen LogP contribution in [0.1, 0.15) is 46.2 Å². The lowest BCUT2D eigenvalue weighted by Gasteiger charge is -2.32. The standard InChI is InChI=1S/C17H23BN2O2/c1-16(2)17(3,4)22-18(21-16)13-8-12-9-14(7-11-5-6-11)20-15(12)19-10-13/h8-11H,5-7H2,1-4H3,(H,19,20). The second-order valence-electron chi connectivity index (χ2n) is 7.74. The van der Waals surface area contributed by atoms with Crippen LogP contribution in [0, 0.1) is 5.92 Å². The van der Waals surface area contributed by atoms with Gasteiger partial charge in [-0.15, -0.1) is 0 Å². The van der Waals surface area contributed by atoms with Gasteiger partial charge in [-0.3, -0.25) is 0 Å². The summed E-state index contributed by atoms with van der Waals surface area (Å²) in [6.07, 6.45) is 5.73. The van der Waals surface area contributed by atoms with E-state index in [1.807, 2.05) is 6.20 Å². The van der Waals surface area contributed by atoms with E-state index in [2.05, 4.69) is 49.8 Å². The molecule has 0 spiro atoms. The highest BCUT2D eigenvalue weighted by Crippen LogP contribution is 2.36. The second-order valence-corrected chi connectivity index (χ2v) is 7.74. The van der Waals surface area contributed by atoms with Gasteiger partial charge < -0.3 is 14.3 Å². The zero-order valence-electron chi connectivity index (χ0n) is 13.8. The monoisotopic (exact) mass is 298 g/mol. The molecule has 1 saturated heterocycles. The fraction of sp³-hybridized carbons (Fsp3) is 0.588. The van der Waals surface area contributed by atoms with Crippen molar-refractivity contribution in [2.75, 3.05) is 0 Å². The van der Waals surface area contributed by atoms with Crippen LogP contribution in [0.5, 0.6) is 0 Å². The molecular formula is C17H23BN2O2. The second kappa shape index (κ2) is 4.59. The van der Waals surface area contributed by atoms with Crippen molar-refractivity contribution >= 4 is 23.6 Å². The van der Waals surface area contributed by atoms with Gasteiger partial charge in [0.05, 0.1) is 11.2 Å². The lowest BCUT2D eigenvalue weighted by atomic mass is 9.80. The van der Waals surface area contributed by atoms with Crippen molar-refractivity contribution in [2.45, 2.75) is 58.2 Å². The molecule has 0 bridgehead atoms. The zero-order valence-corrected chi connectivity index (χ0v) is 13.8. The maximum absolute atomic E-state index is 6.11. The van der Waals surface area contributed by atoms with Crippen molar-refractivity contribution in [2.24, 2.45) is 5.92 Å². The Bertz CT molecular complexity index is 703. The average Bonchev–Trinajstić information content (AvgIpc) is 3.08. The molecule has 4 rings (SSSR count). The predicted octanol–water partition coefficient (Wildman–Crippen LogP) is 2.81. The molecule has 1 aliphatic carbocycles. The zero-order chi connectivity index (χ0) is 15.5. The van der Waals surface area contributed by atoms with Crippen molar-refractivity contribution in [1.82, 2.24) is 9.97 Å². The molecule has 3 heterocycles. The smallest absolute Gasteiger partial charge is 0.399 e. The normalized spacial score (nSPS) is 23.4. The first-order chi connectivity index (χ1) is 10.3. The van der Waals surface area contributed by atoms with Crippen LogP contribution in [0.15, 0.2) is 18.3 Å². The molecule has 1 saturated carbocycles. The summed E-state index contributed by atoms with van der Waals surface area (Å²) >= 11 is 0. The largest absolute Gasteiger partial charge is 0.496 e. The van der Waals surface area contributed by atoms with Gasteiger partial charge in [0.25, 0.3) is 0 Å². The van der Waals surface area contributed by atoms with Crippen LogP contribution in [0.3, 0.4) is 0 Å². The molecule has 4 nitrogen and oxygen atoms in total. The minimum absolute atomic E-state index is 0.318. The van der Waals surface area contributed by atoms with Gasteiger partial charge in [0.1, 0.15) is 5.65 Å². The Morgan fingerprint density at radius 2 is 1.86 bits per heavy atom. The quantitative estimate of drug-likeness (QED) is 0.886. The maximum atomic E-state index is 6.11.